The first-order valence-electron chi connectivity index (χ1n) is 6.06. The lowest BCUT2D eigenvalue weighted by Gasteiger charge is -2.26. The minimum absolute atomic E-state index is 0.148. The first-order chi connectivity index (χ1) is 8.86. The fraction of sp³-hybridized carbons (Fsp3) is 0.727. The summed E-state index contributed by atoms with van der Waals surface area (Å²) >= 11 is 0. The van der Waals surface area contributed by atoms with Gasteiger partial charge in [0.2, 0.25) is 5.91 Å². The molecule has 0 aliphatic carbocycles. The van der Waals surface area contributed by atoms with E-state index in [0.717, 1.165) is 6.42 Å². The van der Waals surface area contributed by atoms with Crippen molar-refractivity contribution in [1.82, 2.24) is 10.2 Å². The number of carbonyl (C=O) groups is 3. The molecule has 0 radical (unpaired) electrons. The molecule has 3 atom stereocenters. The van der Waals surface area contributed by atoms with E-state index in [1.165, 1.54) is 4.90 Å². The molecule has 0 bridgehead atoms. The Hall–Kier alpha value is -1.83. The summed E-state index contributed by atoms with van der Waals surface area (Å²) < 4.78 is 0. The number of nitrogens with one attached hydrogen (secondary N) is 1. The van der Waals surface area contributed by atoms with Crippen molar-refractivity contribution < 1.29 is 24.6 Å². The standard InChI is InChI=1S/C11H19N3O5/c1-6-2-3-14(8(6)5-15)11(19)13-7(10(17)18)4-9(12)16/h6-8,15H,2-5H2,1H3,(H2,12,16)(H,13,19)(H,17,18)/t6?,7-,8?/m0/s1. The Kier molecular flexibility index (Phi) is 5.11. The molecule has 108 valence electrons. The third-order valence-electron chi connectivity index (χ3n) is 3.33. The van der Waals surface area contributed by atoms with Gasteiger partial charge >= 0.3 is 12.0 Å². The second-order valence-corrected chi connectivity index (χ2v) is 4.72. The number of carboxylic acid groups (broad SMARTS) is 1. The van der Waals surface area contributed by atoms with Crippen molar-refractivity contribution in [3.05, 3.63) is 0 Å². The van der Waals surface area contributed by atoms with Crippen LogP contribution in [0.25, 0.3) is 0 Å². The van der Waals surface area contributed by atoms with Crippen LogP contribution >= 0.6 is 0 Å². The van der Waals surface area contributed by atoms with Gasteiger partial charge in [-0.25, -0.2) is 9.59 Å². The zero-order chi connectivity index (χ0) is 14.6. The highest BCUT2D eigenvalue weighted by molar-refractivity contribution is 5.87. The predicted octanol–water partition coefficient (Wildman–Crippen LogP) is -1.27. The number of urea groups is 1. The van der Waals surface area contributed by atoms with E-state index in [-0.39, 0.29) is 18.6 Å². The minimum atomic E-state index is -1.35. The number of rotatable bonds is 5. The van der Waals surface area contributed by atoms with Crippen LogP contribution in [0, 0.1) is 5.92 Å². The molecule has 3 amide bonds. The molecule has 0 saturated carbocycles. The van der Waals surface area contributed by atoms with Gasteiger partial charge in [-0.1, -0.05) is 6.92 Å². The summed E-state index contributed by atoms with van der Waals surface area (Å²) in [4.78, 5) is 35.0. The van der Waals surface area contributed by atoms with Crippen LogP contribution in [0.4, 0.5) is 4.79 Å². The van der Waals surface area contributed by atoms with E-state index in [0.29, 0.717) is 6.54 Å². The maximum atomic E-state index is 11.9. The van der Waals surface area contributed by atoms with Crippen LogP contribution in [-0.2, 0) is 9.59 Å². The van der Waals surface area contributed by atoms with E-state index < -0.39 is 30.4 Å². The number of carboxylic acids is 1. The number of hydrogen-bond acceptors (Lipinski definition) is 4. The van der Waals surface area contributed by atoms with Gasteiger partial charge in [0, 0.05) is 6.54 Å². The molecule has 5 N–H and O–H groups in total. The molecule has 19 heavy (non-hydrogen) atoms. The summed E-state index contributed by atoms with van der Waals surface area (Å²) in [6.07, 6.45) is 0.278. The molecule has 0 spiro atoms. The van der Waals surface area contributed by atoms with Crippen LogP contribution in [0.15, 0.2) is 0 Å². The number of carbonyl (C=O) groups excluding carboxylic acids is 2. The Bertz CT molecular complexity index is 373. The summed E-state index contributed by atoms with van der Waals surface area (Å²) in [6, 6.07) is -2.28. The minimum Gasteiger partial charge on any atom is -0.480 e. The topological polar surface area (TPSA) is 133 Å². The first kappa shape index (κ1) is 15.2. The summed E-state index contributed by atoms with van der Waals surface area (Å²) in [6.45, 7) is 2.18. The average Bonchev–Trinajstić information content (AvgIpc) is 2.68. The Morgan fingerprint density at radius 3 is 2.58 bits per heavy atom. The maximum absolute atomic E-state index is 11.9. The first-order valence-corrected chi connectivity index (χ1v) is 6.06. The molecule has 1 rings (SSSR count). The van der Waals surface area contributed by atoms with Gasteiger partial charge in [-0.3, -0.25) is 4.79 Å². The Morgan fingerprint density at radius 1 is 1.47 bits per heavy atom. The van der Waals surface area contributed by atoms with E-state index in [4.69, 9.17) is 10.8 Å². The van der Waals surface area contributed by atoms with Gasteiger partial charge in [0.25, 0.3) is 0 Å². The number of likely N-dealkylation sites (tertiary alicyclic amines) is 1. The van der Waals surface area contributed by atoms with Gasteiger partial charge in [0.15, 0.2) is 0 Å². The largest absolute Gasteiger partial charge is 0.480 e. The van der Waals surface area contributed by atoms with Crippen molar-refractivity contribution in [2.45, 2.75) is 31.8 Å². The van der Waals surface area contributed by atoms with E-state index in [2.05, 4.69) is 5.32 Å². The summed E-state index contributed by atoms with van der Waals surface area (Å²) in [5.41, 5.74) is 4.93. The third kappa shape index (κ3) is 3.82. The van der Waals surface area contributed by atoms with Crippen LogP contribution in [-0.4, -0.2) is 58.3 Å². The van der Waals surface area contributed by atoms with Crippen LogP contribution < -0.4 is 11.1 Å². The highest BCUT2D eigenvalue weighted by atomic mass is 16.4. The second kappa shape index (κ2) is 6.37. The number of aliphatic carboxylic acids is 1. The number of primary amides is 1. The Balaban J connectivity index is 2.66. The molecule has 8 nitrogen and oxygen atoms in total. The zero-order valence-electron chi connectivity index (χ0n) is 10.7. The van der Waals surface area contributed by atoms with Crippen molar-refractivity contribution in [1.29, 1.82) is 0 Å². The van der Waals surface area contributed by atoms with Gasteiger partial charge in [-0.15, -0.1) is 0 Å². The van der Waals surface area contributed by atoms with Crippen molar-refractivity contribution in [3.63, 3.8) is 0 Å². The van der Waals surface area contributed by atoms with Gasteiger partial charge in [0.05, 0.1) is 19.1 Å². The quantitative estimate of drug-likeness (QED) is 0.495. The number of hydrogen-bond donors (Lipinski definition) is 4. The van der Waals surface area contributed by atoms with Crippen LogP contribution in [0.1, 0.15) is 19.8 Å². The fourth-order valence-electron chi connectivity index (χ4n) is 2.17. The van der Waals surface area contributed by atoms with Crippen molar-refractivity contribution >= 4 is 17.9 Å². The van der Waals surface area contributed by atoms with Crippen LogP contribution in [0.3, 0.4) is 0 Å². The molecular weight excluding hydrogens is 254 g/mol. The number of nitrogens with two attached hydrogens (primary N) is 1. The molecule has 2 unspecified atom stereocenters. The number of amides is 3. The zero-order valence-corrected chi connectivity index (χ0v) is 10.7. The van der Waals surface area contributed by atoms with E-state index in [1.54, 1.807) is 0 Å². The fourth-order valence-corrected chi connectivity index (χ4v) is 2.17. The van der Waals surface area contributed by atoms with Crippen molar-refractivity contribution in [3.8, 4) is 0 Å². The highest BCUT2D eigenvalue weighted by Gasteiger charge is 2.35. The van der Waals surface area contributed by atoms with Crippen LogP contribution in [0.5, 0.6) is 0 Å². The molecule has 1 heterocycles. The summed E-state index contributed by atoms with van der Waals surface area (Å²) in [5.74, 6) is -1.98. The maximum Gasteiger partial charge on any atom is 0.326 e. The Labute approximate surface area is 110 Å². The van der Waals surface area contributed by atoms with E-state index >= 15 is 0 Å². The molecular formula is C11H19N3O5. The highest BCUT2D eigenvalue weighted by Crippen LogP contribution is 2.23. The monoisotopic (exact) mass is 273 g/mol. The lowest BCUT2D eigenvalue weighted by atomic mass is 10.0. The second-order valence-electron chi connectivity index (χ2n) is 4.72. The SMILES string of the molecule is CC1CCN(C(=O)N[C@@H](CC(N)=O)C(=O)O)C1CO. The van der Waals surface area contributed by atoms with Crippen LogP contribution in [0.2, 0.25) is 0 Å². The number of aliphatic hydroxyl groups excluding tert-OH is 1. The number of nitrogens with zero attached hydrogens (tertiary/aromatic N) is 1. The lowest BCUT2D eigenvalue weighted by Crippen LogP contribution is -2.51. The summed E-state index contributed by atoms with van der Waals surface area (Å²) in [7, 11) is 0. The Morgan fingerprint density at radius 2 is 2.11 bits per heavy atom. The average molecular weight is 273 g/mol. The van der Waals surface area contributed by atoms with Gasteiger partial charge < -0.3 is 26.2 Å². The molecule has 0 aromatic carbocycles. The molecule has 0 aromatic rings. The smallest absolute Gasteiger partial charge is 0.326 e. The predicted molar refractivity (Wildman–Crippen MR) is 65.1 cm³/mol. The normalized spacial score (nSPS) is 24.0. The third-order valence-corrected chi connectivity index (χ3v) is 3.33. The van der Waals surface area contributed by atoms with Gasteiger partial charge in [-0.05, 0) is 12.3 Å². The summed E-state index contributed by atoms with van der Waals surface area (Å²) in [5, 5.41) is 20.4. The lowest BCUT2D eigenvalue weighted by molar-refractivity contribution is -0.141. The number of aliphatic hydroxyl groups is 1. The van der Waals surface area contributed by atoms with Gasteiger partial charge in [-0.2, -0.15) is 0 Å². The molecule has 1 saturated heterocycles. The van der Waals surface area contributed by atoms with Crippen molar-refractivity contribution in [2.75, 3.05) is 13.2 Å². The van der Waals surface area contributed by atoms with E-state index in [9.17, 15) is 19.5 Å². The molecule has 1 aliphatic heterocycles. The molecule has 1 fully saturated rings. The van der Waals surface area contributed by atoms with Gasteiger partial charge in [0.1, 0.15) is 6.04 Å². The molecule has 8 heteroatoms. The van der Waals surface area contributed by atoms with E-state index in [1.807, 2.05) is 6.92 Å². The molecule has 1 aliphatic rings. The van der Waals surface area contributed by atoms with Crippen molar-refractivity contribution in [2.24, 2.45) is 11.7 Å². The molecule has 0 aromatic heterocycles.